The van der Waals surface area contributed by atoms with Crippen LogP contribution in [-0.2, 0) is 0 Å². The number of benzene rings is 1. The topological polar surface area (TPSA) is 44.9 Å². The molecule has 1 aromatic rings. The molecule has 2 saturated heterocycles. The summed E-state index contributed by atoms with van der Waals surface area (Å²) in [6, 6.07) is 9.28. The lowest BCUT2D eigenvalue weighted by Crippen LogP contribution is -2.41. The van der Waals surface area contributed by atoms with Gasteiger partial charge in [0, 0.05) is 13.1 Å². The summed E-state index contributed by atoms with van der Waals surface area (Å²) in [4.78, 5) is 9.59. The first-order valence-electron chi connectivity index (χ1n) is 9.09. The minimum Gasteiger partial charge on any atom is -0.370 e. The number of aliphatic imine (C=N–C) groups is 1. The van der Waals surface area contributed by atoms with Crippen molar-refractivity contribution >= 4 is 5.96 Å². The minimum atomic E-state index is 0.362. The van der Waals surface area contributed by atoms with E-state index in [1.165, 1.54) is 56.3 Å². The Bertz CT molecular complexity index is 511. The average molecular weight is 314 g/mol. The fourth-order valence-electron chi connectivity index (χ4n) is 3.68. The van der Waals surface area contributed by atoms with Gasteiger partial charge < -0.3 is 10.6 Å². The molecule has 2 fully saturated rings. The predicted molar refractivity (Wildman–Crippen MR) is 96.6 cm³/mol. The Morgan fingerprint density at radius 1 is 1.00 bits per heavy atom. The van der Waals surface area contributed by atoms with Gasteiger partial charge >= 0.3 is 0 Å². The molecule has 2 aliphatic heterocycles. The number of nitrogens with zero attached hydrogens (tertiary/aromatic N) is 3. The van der Waals surface area contributed by atoms with E-state index in [9.17, 15) is 0 Å². The molecule has 0 spiro atoms. The van der Waals surface area contributed by atoms with Crippen molar-refractivity contribution in [2.24, 2.45) is 10.7 Å². The molecule has 23 heavy (non-hydrogen) atoms. The summed E-state index contributed by atoms with van der Waals surface area (Å²) in [5.41, 5.74) is 8.93. The van der Waals surface area contributed by atoms with E-state index in [2.05, 4.69) is 41.0 Å². The minimum absolute atomic E-state index is 0.362. The van der Waals surface area contributed by atoms with Crippen molar-refractivity contribution < 1.29 is 0 Å². The lowest BCUT2D eigenvalue weighted by atomic mass is 10.0. The van der Waals surface area contributed by atoms with Crippen LogP contribution in [0.5, 0.6) is 0 Å². The molecule has 2 heterocycles. The molecule has 2 N–H and O–H groups in total. The lowest BCUT2D eigenvalue weighted by Gasteiger charge is -2.30. The molecule has 0 saturated carbocycles. The van der Waals surface area contributed by atoms with Crippen molar-refractivity contribution in [3.63, 3.8) is 0 Å². The number of piperidine rings is 1. The first-order valence-corrected chi connectivity index (χ1v) is 9.09. The number of aryl methyl sites for hydroxylation is 1. The first-order chi connectivity index (χ1) is 11.2. The molecule has 3 rings (SSSR count). The van der Waals surface area contributed by atoms with Gasteiger partial charge in [-0.15, -0.1) is 0 Å². The van der Waals surface area contributed by atoms with Crippen LogP contribution in [0, 0.1) is 6.92 Å². The molecule has 4 nitrogen and oxygen atoms in total. The van der Waals surface area contributed by atoms with Gasteiger partial charge in [-0.05, 0) is 57.7 Å². The number of hydrogen-bond acceptors (Lipinski definition) is 2. The summed E-state index contributed by atoms with van der Waals surface area (Å²) < 4.78 is 0. The summed E-state index contributed by atoms with van der Waals surface area (Å²) >= 11 is 0. The van der Waals surface area contributed by atoms with Crippen LogP contribution < -0.4 is 5.73 Å². The van der Waals surface area contributed by atoms with Gasteiger partial charge in [0.15, 0.2) is 5.96 Å². The molecule has 0 aliphatic carbocycles. The van der Waals surface area contributed by atoms with E-state index in [1.807, 2.05) is 0 Å². The second-order valence-electron chi connectivity index (χ2n) is 6.92. The van der Waals surface area contributed by atoms with Crippen molar-refractivity contribution in [2.45, 2.75) is 45.1 Å². The molecule has 126 valence electrons. The monoisotopic (exact) mass is 314 g/mol. The number of nitrogens with two attached hydrogens (primary N) is 1. The highest BCUT2D eigenvalue weighted by Gasteiger charge is 2.23. The summed E-state index contributed by atoms with van der Waals surface area (Å²) in [7, 11) is 0. The smallest absolute Gasteiger partial charge is 0.191 e. The van der Waals surface area contributed by atoms with Gasteiger partial charge in [-0.1, -0.05) is 29.8 Å². The van der Waals surface area contributed by atoms with Crippen LogP contribution in [0.1, 0.15) is 49.3 Å². The third-order valence-electron chi connectivity index (χ3n) is 5.15. The van der Waals surface area contributed by atoms with E-state index in [0.29, 0.717) is 6.04 Å². The average Bonchev–Trinajstić information content (AvgIpc) is 3.11. The Hall–Kier alpha value is -1.55. The fraction of sp³-hybridized carbons (Fsp3) is 0.632. The number of rotatable bonds is 4. The lowest BCUT2D eigenvalue weighted by molar-refractivity contribution is 0.250. The summed E-state index contributed by atoms with van der Waals surface area (Å²) in [6.07, 6.45) is 6.40. The molecule has 0 amide bonds. The fourth-order valence-corrected chi connectivity index (χ4v) is 3.68. The maximum absolute atomic E-state index is 6.26. The van der Waals surface area contributed by atoms with Crippen molar-refractivity contribution in [2.75, 3.05) is 32.7 Å². The number of hydrogen-bond donors (Lipinski definition) is 1. The van der Waals surface area contributed by atoms with Gasteiger partial charge in [0.05, 0.1) is 12.6 Å². The zero-order chi connectivity index (χ0) is 16.1. The molecule has 1 aromatic carbocycles. The van der Waals surface area contributed by atoms with Gasteiger partial charge in [0.25, 0.3) is 0 Å². The van der Waals surface area contributed by atoms with Crippen LogP contribution in [-0.4, -0.2) is 48.5 Å². The number of guanidine groups is 1. The van der Waals surface area contributed by atoms with Crippen LogP contribution in [0.15, 0.2) is 29.3 Å². The van der Waals surface area contributed by atoms with Crippen LogP contribution in [0.25, 0.3) is 0 Å². The van der Waals surface area contributed by atoms with Crippen molar-refractivity contribution in [3.05, 3.63) is 35.4 Å². The highest BCUT2D eigenvalue weighted by molar-refractivity contribution is 5.78. The highest BCUT2D eigenvalue weighted by atomic mass is 15.3. The zero-order valence-electron chi connectivity index (χ0n) is 14.4. The highest BCUT2D eigenvalue weighted by Crippen LogP contribution is 2.26. The Morgan fingerprint density at radius 2 is 1.61 bits per heavy atom. The van der Waals surface area contributed by atoms with Gasteiger partial charge in [-0.25, -0.2) is 0 Å². The molecular formula is C19H30N4. The maximum atomic E-state index is 6.26. The molecule has 2 aliphatic rings. The van der Waals surface area contributed by atoms with Crippen LogP contribution >= 0.6 is 0 Å². The summed E-state index contributed by atoms with van der Waals surface area (Å²) in [5.74, 6) is 0.737. The van der Waals surface area contributed by atoms with E-state index < -0.39 is 0 Å². The first kappa shape index (κ1) is 16.3. The molecule has 0 radical (unpaired) electrons. The van der Waals surface area contributed by atoms with Gasteiger partial charge in [0.2, 0.25) is 0 Å². The summed E-state index contributed by atoms with van der Waals surface area (Å²) in [6.45, 7) is 7.39. The Balaban J connectivity index is 1.71. The summed E-state index contributed by atoms with van der Waals surface area (Å²) in [5, 5.41) is 0. The van der Waals surface area contributed by atoms with Crippen molar-refractivity contribution in [1.29, 1.82) is 0 Å². The van der Waals surface area contributed by atoms with E-state index in [4.69, 9.17) is 10.7 Å². The van der Waals surface area contributed by atoms with Crippen LogP contribution in [0.4, 0.5) is 0 Å². The molecule has 1 unspecified atom stereocenters. The molecule has 4 heteroatoms. The van der Waals surface area contributed by atoms with Gasteiger partial charge in [0.1, 0.15) is 0 Å². The van der Waals surface area contributed by atoms with Crippen molar-refractivity contribution in [3.8, 4) is 0 Å². The number of likely N-dealkylation sites (tertiary alicyclic amines) is 2. The van der Waals surface area contributed by atoms with E-state index in [1.54, 1.807) is 0 Å². The third kappa shape index (κ3) is 4.25. The molecule has 1 atom stereocenters. The predicted octanol–water partition coefficient (Wildman–Crippen LogP) is 2.93. The molecule has 0 bridgehead atoms. The Morgan fingerprint density at radius 3 is 2.26 bits per heavy atom. The van der Waals surface area contributed by atoms with Gasteiger partial charge in [-0.3, -0.25) is 9.89 Å². The zero-order valence-corrected chi connectivity index (χ0v) is 14.4. The maximum Gasteiger partial charge on any atom is 0.191 e. The van der Waals surface area contributed by atoms with E-state index in [-0.39, 0.29) is 0 Å². The normalized spacial score (nSPS) is 21.6. The second-order valence-corrected chi connectivity index (χ2v) is 6.92. The Labute approximate surface area is 140 Å². The van der Waals surface area contributed by atoms with Crippen LogP contribution in [0.2, 0.25) is 0 Å². The quantitative estimate of drug-likeness (QED) is 0.686. The van der Waals surface area contributed by atoms with Crippen molar-refractivity contribution in [1.82, 2.24) is 9.80 Å². The van der Waals surface area contributed by atoms with E-state index in [0.717, 1.165) is 25.6 Å². The second kappa shape index (κ2) is 7.82. The largest absolute Gasteiger partial charge is 0.370 e. The SMILES string of the molecule is Cc1ccc(C(CN=C(N)N2CCCCC2)N2CCCC2)cc1. The van der Waals surface area contributed by atoms with Gasteiger partial charge in [-0.2, -0.15) is 0 Å². The third-order valence-corrected chi connectivity index (χ3v) is 5.15. The molecule has 0 aromatic heterocycles. The van der Waals surface area contributed by atoms with E-state index >= 15 is 0 Å². The standard InChI is InChI=1S/C19H30N4/c1-16-7-9-17(10-8-16)18(22-11-5-6-12-22)15-21-19(20)23-13-3-2-4-14-23/h7-10,18H,2-6,11-15H2,1H3,(H2,20,21). The Kier molecular flexibility index (Phi) is 5.55. The molecular weight excluding hydrogens is 284 g/mol. The van der Waals surface area contributed by atoms with Crippen LogP contribution in [0.3, 0.4) is 0 Å².